The average molecular weight is 374 g/mol. The Kier molecular flexibility index (Phi) is 5.93. The lowest BCUT2D eigenvalue weighted by atomic mass is 10.2. The van der Waals surface area contributed by atoms with E-state index in [4.69, 9.17) is 11.6 Å². The summed E-state index contributed by atoms with van der Waals surface area (Å²) in [6, 6.07) is 8.05. The molecule has 7 heteroatoms. The van der Waals surface area contributed by atoms with Crippen molar-refractivity contribution < 1.29 is 4.79 Å². The maximum absolute atomic E-state index is 12.1. The van der Waals surface area contributed by atoms with Gasteiger partial charge in [0.1, 0.15) is 0 Å². The van der Waals surface area contributed by atoms with E-state index in [-0.39, 0.29) is 11.9 Å². The summed E-state index contributed by atoms with van der Waals surface area (Å²) < 4.78 is 0. The first kappa shape index (κ1) is 18.5. The predicted octanol–water partition coefficient (Wildman–Crippen LogP) is 2.98. The van der Waals surface area contributed by atoms with Gasteiger partial charge >= 0.3 is 0 Å². The van der Waals surface area contributed by atoms with E-state index in [1.54, 1.807) is 12.4 Å². The highest BCUT2D eigenvalue weighted by Gasteiger charge is 2.20. The largest absolute Gasteiger partial charge is 0.368 e. The third-order valence-corrected chi connectivity index (χ3v) is 4.86. The molecule has 2 aromatic rings. The highest BCUT2D eigenvalue weighted by molar-refractivity contribution is 6.30. The summed E-state index contributed by atoms with van der Waals surface area (Å²) >= 11 is 6.08. The molecule has 26 heavy (non-hydrogen) atoms. The molecule has 0 aliphatic carbocycles. The second-order valence-electron chi connectivity index (χ2n) is 6.51. The molecule has 1 fully saturated rings. The van der Waals surface area contributed by atoms with Gasteiger partial charge in [-0.3, -0.25) is 4.79 Å². The zero-order valence-electron chi connectivity index (χ0n) is 15.2. The molecule has 1 saturated heterocycles. The maximum atomic E-state index is 12.1. The highest BCUT2D eigenvalue weighted by Crippen LogP contribution is 2.21. The Hall–Kier alpha value is -2.34. The molecule has 0 bridgehead atoms. The van der Waals surface area contributed by atoms with E-state index in [0.717, 1.165) is 43.3 Å². The highest BCUT2D eigenvalue weighted by atomic mass is 35.5. The number of aromatic nitrogens is 2. The van der Waals surface area contributed by atoms with Crippen molar-refractivity contribution in [3.05, 3.63) is 47.2 Å². The fourth-order valence-corrected chi connectivity index (χ4v) is 3.03. The quantitative estimate of drug-likeness (QED) is 0.873. The number of carbonyl (C=O) groups excluding carboxylic acids is 1. The first-order valence-corrected chi connectivity index (χ1v) is 9.33. The topological polar surface area (TPSA) is 61.4 Å². The number of rotatable bonds is 5. The average Bonchev–Trinajstić information content (AvgIpc) is 2.68. The molecule has 1 atom stereocenters. The summed E-state index contributed by atoms with van der Waals surface area (Å²) in [6.45, 7) is 7.41. The summed E-state index contributed by atoms with van der Waals surface area (Å²) in [4.78, 5) is 25.3. The third kappa shape index (κ3) is 4.43. The minimum absolute atomic E-state index is 0.128. The summed E-state index contributed by atoms with van der Waals surface area (Å²) in [6.07, 6.45) is 4.09. The monoisotopic (exact) mass is 373 g/mol. The Morgan fingerprint density at radius 3 is 2.46 bits per heavy atom. The number of carbonyl (C=O) groups is 1. The van der Waals surface area contributed by atoms with Crippen LogP contribution in [0.2, 0.25) is 5.02 Å². The minimum atomic E-state index is -0.128. The van der Waals surface area contributed by atoms with Crippen LogP contribution in [0.25, 0.3) is 0 Å². The molecule has 1 aromatic carbocycles. The Labute approximate surface area is 159 Å². The number of hydrogen-bond donors (Lipinski definition) is 1. The molecule has 1 aromatic heterocycles. The molecule has 6 nitrogen and oxygen atoms in total. The fraction of sp³-hybridized carbons (Fsp3) is 0.421. The van der Waals surface area contributed by atoms with E-state index in [9.17, 15) is 4.79 Å². The molecule has 2 heterocycles. The lowest BCUT2D eigenvalue weighted by molar-refractivity contribution is 0.0938. The van der Waals surface area contributed by atoms with Gasteiger partial charge in [0.05, 0.1) is 5.56 Å². The molecular formula is C19H24ClN5O. The number of hydrogen-bond acceptors (Lipinski definition) is 5. The molecule has 0 saturated carbocycles. The first-order chi connectivity index (χ1) is 12.6. The molecule has 0 spiro atoms. The van der Waals surface area contributed by atoms with Crippen LogP contribution in [0.15, 0.2) is 36.7 Å². The molecule has 1 aliphatic heterocycles. The Morgan fingerprint density at radius 1 is 1.19 bits per heavy atom. The summed E-state index contributed by atoms with van der Waals surface area (Å²) in [7, 11) is 0. The van der Waals surface area contributed by atoms with Gasteiger partial charge in [0, 0.05) is 55.3 Å². The predicted molar refractivity (Wildman–Crippen MR) is 105 cm³/mol. The summed E-state index contributed by atoms with van der Waals surface area (Å²) in [5.74, 6) is 0.535. The Balaban J connectivity index is 1.58. The van der Waals surface area contributed by atoms with Crippen LogP contribution in [0.3, 0.4) is 0 Å². The zero-order valence-corrected chi connectivity index (χ0v) is 15.9. The number of anilines is 2. The summed E-state index contributed by atoms with van der Waals surface area (Å²) in [5, 5.41) is 3.67. The summed E-state index contributed by atoms with van der Waals surface area (Å²) in [5.41, 5.74) is 1.63. The molecule has 3 rings (SSSR count). The molecule has 1 aliphatic rings. The van der Waals surface area contributed by atoms with Crippen LogP contribution in [0, 0.1) is 0 Å². The van der Waals surface area contributed by atoms with Crippen LogP contribution in [0.4, 0.5) is 11.6 Å². The van der Waals surface area contributed by atoms with Gasteiger partial charge in [-0.1, -0.05) is 24.6 Å². The van der Waals surface area contributed by atoms with E-state index in [0.29, 0.717) is 11.5 Å². The van der Waals surface area contributed by atoms with Gasteiger partial charge in [0.25, 0.3) is 5.91 Å². The molecular weight excluding hydrogens is 350 g/mol. The van der Waals surface area contributed by atoms with E-state index in [1.165, 1.54) is 0 Å². The van der Waals surface area contributed by atoms with Crippen LogP contribution in [0.1, 0.15) is 30.6 Å². The Bertz CT molecular complexity index is 744. The number of nitrogens with zero attached hydrogens (tertiary/aromatic N) is 4. The van der Waals surface area contributed by atoms with E-state index in [2.05, 4.69) is 31.2 Å². The molecule has 1 unspecified atom stereocenters. The molecule has 138 valence electrons. The van der Waals surface area contributed by atoms with Crippen molar-refractivity contribution in [3.8, 4) is 0 Å². The number of halogens is 1. The van der Waals surface area contributed by atoms with Crippen molar-refractivity contribution in [2.45, 2.75) is 26.3 Å². The van der Waals surface area contributed by atoms with E-state index < -0.39 is 0 Å². The molecule has 1 amide bonds. The normalized spacial score (nSPS) is 15.7. The van der Waals surface area contributed by atoms with Gasteiger partial charge < -0.3 is 15.1 Å². The lowest BCUT2D eigenvalue weighted by Crippen LogP contribution is -2.47. The first-order valence-electron chi connectivity index (χ1n) is 8.95. The standard InChI is InChI=1S/C19H24ClN5O/c1-3-14(2)23-18(26)15-12-21-19(22-13-15)25-9-7-24(8-10-25)17-6-4-5-16(20)11-17/h4-6,11-14H,3,7-10H2,1-2H3,(H,23,26). The van der Waals surface area contributed by atoms with Crippen molar-refractivity contribution in [3.63, 3.8) is 0 Å². The van der Waals surface area contributed by atoms with E-state index in [1.807, 2.05) is 32.0 Å². The van der Waals surface area contributed by atoms with Crippen molar-refractivity contribution in [1.29, 1.82) is 0 Å². The van der Waals surface area contributed by atoms with Crippen LogP contribution in [-0.2, 0) is 0 Å². The number of benzene rings is 1. The van der Waals surface area contributed by atoms with Gasteiger partial charge in [-0.05, 0) is 31.5 Å². The number of nitrogens with one attached hydrogen (secondary N) is 1. The number of amides is 1. The fourth-order valence-electron chi connectivity index (χ4n) is 2.85. The maximum Gasteiger partial charge on any atom is 0.254 e. The van der Waals surface area contributed by atoms with Crippen LogP contribution >= 0.6 is 11.6 Å². The van der Waals surface area contributed by atoms with Crippen molar-refractivity contribution in [2.75, 3.05) is 36.0 Å². The van der Waals surface area contributed by atoms with Crippen molar-refractivity contribution in [2.24, 2.45) is 0 Å². The second-order valence-corrected chi connectivity index (χ2v) is 6.94. The van der Waals surface area contributed by atoms with Crippen LogP contribution in [-0.4, -0.2) is 48.1 Å². The van der Waals surface area contributed by atoms with Gasteiger partial charge in [-0.2, -0.15) is 0 Å². The van der Waals surface area contributed by atoms with Gasteiger partial charge in [-0.15, -0.1) is 0 Å². The minimum Gasteiger partial charge on any atom is -0.368 e. The van der Waals surface area contributed by atoms with E-state index >= 15 is 0 Å². The van der Waals surface area contributed by atoms with Crippen molar-refractivity contribution >= 4 is 29.1 Å². The smallest absolute Gasteiger partial charge is 0.254 e. The van der Waals surface area contributed by atoms with Gasteiger partial charge in [0.15, 0.2) is 0 Å². The van der Waals surface area contributed by atoms with Crippen molar-refractivity contribution in [1.82, 2.24) is 15.3 Å². The second kappa shape index (κ2) is 8.36. The zero-order chi connectivity index (χ0) is 18.5. The van der Waals surface area contributed by atoms with Crippen LogP contribution in [0.5, 0.6) is 0 Å². The molecule has 1 N–H and O–H groups in total. The van der Waals surface area contributed by atoms with Gasteiger partial charge in [0.2, 0.25) is 5.95 Å². The third-order valence-electron chi connectivity index (χ3n) is 4.63. The SMILES string of the molecule is CCC(C)NC(=O)c1cnc(N2CCN(c3cccc(Cl)c3)CC2)nc1. The van der Waals surface area contributed by atoms with Crippen LogP contribution < -0.4 is 15.1 Å². The Morgan fingerprint density at radius 2 is 1.85 bits per heavy atom. The molecule has 0 radical (unpaired) electrons. The lowest BCUT2D eigenvalue weighted by Gasteiger charge is -2.36. The number of piperazine rings is 1. The van der Waals surface area contributed by atoms with Gasteiger partial charge in [-0.25, -0.2) is 9.97 Å².